The Labute approximate surface area is 167 Å². The molecule has 0 fully saturated rings. The van der Waals surface area contributed by atoms with Crippen LogP contribution in [0.15, 0.2) is 43.8 Å². The molecule has 0 amide bonds. The standard InChI is InChI=1S/C22H30S3/c1-7-15-11-19(23-5)12-16(8-2)21(15)25-22-17(9-3)13-20(24-6)14-18(22)10-4/h11-14H,7-10H2,1-6H3. The molecule has 0 aliphatic rings. The lowest BCUT2D eigenvalue weighted by Gasteiger charge is -2.19. The summed E-state index contributed by atoms with van der Waals surface area (Å²) in [5.41, 5.74) is 5.97. The van der Waals surface area contributed by atoms with Gasteiger partial charge < -0.3 is 0 Å². The van der Waals surface area contributed by atoms with Crippen molar-refractivity contribution >= 4 is 35.3 Å². The zero-order chi connectivity index (χ0) is 18.4. The Morgan fingerprint density at radius 3 is 1.04 bits per heavy atom. The minimum Gasteiger partial charge on any atom is -0.130 e. The Bertz CT molecular complexity index is 608. The number of aryl methyl sites for hydroxylation is 4. The van der Waals surface area contributed by atoms with E-state index in [0.29, 0.717) is 0 Å². The Morgan fingerprint density at radius 1 is 0.560 bits per heavy atom. The molecule has 0 spiro atoms. The minimum atomic E-state index is 1.09. The van der Waals surface area contributed by atoms with Crippen molar-refractivity contribution in [3.05, 3.63) is 46.5 Å². The lowest BCUT2D eigenvalue weighted by Crippen LogP contribution is -1.98. The van der Waals surface area contributed by atoms with Crippen LogP contribution < -0.4 is 0 Å². The van der Waals surface area contributed by atoms with E-state index in [2.05, 4.69) is 64.5 Å². The number of benzene rings is 2. The van der Waals surface area contributed by atoms with Crippen molar-refractivity contribution in [1.82, 2.24) is 0 Å². The van der Waals surface area contributed by atoms with Gasteiger partial charge in [-0.2, -0.15) is 0 Å². The molecule has 0 nitrogen and oxygen atoms in total. The van der Waals surface area contributed by atoms with Gasteiger partial charge in [0.15, 0.2) is 0 Å². The van der Waals surface area contributed by atoms with Crippen molar-refractivity contribution in [1.29, 1.82) is 0 Å². The van der Waals surface area contributed by atoms with Gasteiger partial charge in [0.2, 0.25) is 0 Å². The lowest BCUT2D eigenvalue weighted by atomic mass is 10.1. The molecule has 3 heteroatoms. The van der Waals surface area contributed by atoms with Gasteiger partial charge in [-0.3, -0.25) is 0 Å². The van der Waals surface area contributed by atoms with Gasteiger partial charge in [-0.1, -0.05) is 39.5 Å². The summed E-state index contributed by atoms with van der Waals surface area (Å²) in [4.78, 5) is 5.76. The third-order valence-electron chi connectivity index (χ3n) is 4.63. The highest BCUT2D eigenvalue weighted by atomic mass is 32.2. The predicted octanol–water partition coefficient (Wildman–Crippen LogP) is 7.53. The molecule has 0 bridgehead atoms. The maximum absolute atomic E-state index is 2.39. The first kappa shape index (κ1) is 20.8. The van der Waals surface area contributed by atoms with Crippen molar-refractivity contribution in [2.75, 3.05) is 12.5 Å². The maximum atomic E-state index is 2.39. The summed E-state index contributed by atoms with van der Waals surface area (Å²) < 4.78 is 0. The SMILES string of the molecule is CCc1cc(SC)cc(CC)c1Sc1c(CC)cc(SC)cc1CC. The van der Waals surface area contributed by atoms with Gasteiger partial charge in [0.25, 0.3) is 0 Å². The van der Waals surface area contributed by atoms with E-state index in [-0.39, 0.29) is 0 Å². The van der Waals surface area contributed by atoms with E-state index in [1.54, 1.807) is 0 Å². The van der Waals surface area contributed by atoms with Crippen LogP contribution in [0.4, 0.5) is 0 Å². The number of hydrogen-bond donors (Lipinski definition) is 0. The molecule has 0 N–H and O–H groups in total. The van der Waals surface area contributed by atoms with Crippen LogP contribution in [0.1, 0.15) is 49.9 Å². The number of thioether (sulfide) groups is 2. The zero-order valence-corrected chi connectivity index (χ0v) is 18.8. The van der Waals surface area contributed by atoms with E-state index < -0.39 is 0 Å². The first-order valence-electron chi connectivity index (χ1n) is 9.19. The van der Waals surface area contributed by atoms with E-state index in [0.717, 1.165) is 25.7 Å². The van der Waals surface area contributed by atoms with E-state index in [4.69, 9.17) is 0 Å². The van der Waals surface area contributed by atoms with Crippen molar-refractivity contribution in [2.45, 2.75) is 73.0 Å². The molecular weight excluding hydrogens is 360 g/mol. The summed E-state index contributed by atoms with van der Waals surface area (Å²) >= 11 is 5.71. The van der Waals surface area contributed by atoms with Crippen LogP contribution in [0.25, 0.3) is 0 Å². The summed E-state index contributed by atoms with van der Waals surface area (Å²) in [6, 6.07) is 9.55. The van der Waals surface area contributed by atoms with Gasteiger partial charge in [0.1, 0.15) is 0 Å². The second kappa shape index (κ2) is 9.99. The van der Waals surface area contributed by atoms with Gasteiger partial charge in [0, 0.05) is 19.6 Å². The molecule has 0 heterocycles. The third-order valence-corrected chi connectivity index (χ3v) is 7.50. The van der Waals surface area contributed by atoms with E-state index in [1.165, 1.54) is 41.8 Å². The Morgan fingerprint density at radius 2 is 0.840 bits per heavy atom. The minimum absolute atomic E-state index is 1.09. The van der Waals surface area contributed by atoms with Crippen LogP contribution >= 0.6 is 35.3 Å². The maximum Gasteiger partial charge on any atom is 0.0187 e. The molecule has 0 unspecified atom stereocenters. The van der Waals surface area contributed by atoms with E-state index >= 15 is 0 Å². The summed E-state index contributed by atoms with van der Waals surface area (Å²) in [5.74, 6) is 0. The molecule has 0 aliphatic heterocycles. The van der Waals surface area contributed by atoms with Gasteiger partial charge in [-0.25, -0.2) is 0 Å². The molecule has 2 aromatic rings. The molecular formula is C22H30S3. The normalized spacial score (nSPS) is 11.1. The smallest absolute Gasteiger partial charge is 0.0187 e. The van der Waals surface area contributed by atoms with Crippen LogP contribution in [-0.4, -0.2) is 12.5 Å². The largest absolute Gasteiger partial charge is 0.130 e. The molecule has 0 saturated heterocycles. The summed E-state index contributed by atoms with van der Waals surface area (Å²) in [5, 5.41) is 0. The first-order chi connectivity index (χ1) is 12.1. The quantitative estimate of drug-likeness (QED) is 0.427. The molecule has 25 heavy (non-hydrogen) atoms. The average Bonchev–Trinajstić information content (AvgIpc) is 2.67. The molecule has 2 aromatic carbocycles. The molecule has 2 rings (SSSR count). The average molecular weight is 391 g/mol. The third kappa shape index (κ3) is 4.81. The molecule has 0 atom stereocenters. The zero-order valence-electron chi connectivity index (χ0n) is 16.4. The van der Waals surface area contributed by atoms with Crippen LogP contribution in [0.2, 0.25) is 0 Å². The fourth-order valence-electron chi connectivity index (χ4n) is 3.10. The van der Waals surface area contributed by atoms with Gasteiger partial charge >= 0.3 is 0 Å². The highest BCUT2D eigenvalue weighted by molar-refractivity contribution is 8.00. The van der Waals surface area contributed by atoms with Gasteiger partial charge in [0.05, 0.1) is 0 Å². The Hall–Kier alpha value is -0.510. The molecule has 0 aliphatic carbocycles. The second-order valence-electron chi connectivity index (χ2n) is 6.07. The fourth-order valence-corrected chi connectivity index (χ4v) is 5.68. The number of rotatable bonds is 8. The first-order valence-corrected chi connectivity index (χ1v) is 12.5. The second-order valence-corrected chi connectivity index (χ2v) is 8.85. The lowest BCUT2D eigenvalue weighted by molar-refractivity contribution is 0.969. The van der Waals surface area contributed by atoms with Crippen LogP contribution in [-0.2, 0) is 25.7 Å². The summed E-state index contributed by atoms with van der Waals surface area (Å²) in [6.45, 7) is 9.12. The molecule has 0 radical (unpaired) electrons. The molecule has 0 saturated carbocycles. The van der Waals surface area contributed by atoms with Crippen molar-refractivity contribution in [3.8, 4) is 0 Å². The Balaban J connectivity index is 2.59. The van der Waals surface area contributed by atoms with Gasteiger partial charge in [-0.15, -0.1) is 23.5 Å². The monoisotopic (exact) mass is 390 g/mol. The van der Waals surface area contributed by atoms with E-state index in [9.17, 15) is 0 Å². The van der Waals surface area contributed by atoms with Crippen molar-refractivity contribution in [2.24, 2.45) is 0 Å². The van der Waals surface area contributed by atoms with Crippen LogP contribution in [0, 0.1) is 0 Å². The summed E-state index contributed by atoms with van der Waals surface area (Å²) in [6.07, 6.45) is 8.72. The van der Waals surface area contributed by atoms with Crippen molar-refractivity contribution in [3.63, 3.8) is 0 Å². The predicted molar refractivity (Wildman–Crippen MR) is 118 cm³/mol. The molecule has 136 valence electrons. The number of hydrogen-bond acceptors (Lipinski definition) is 3. The van der Waals surface area contributed by atoms with Crippen LogP contribution in [0.3, 0.4) is 0 Å². The van der Waals surface area contributed by atoms with Gasteiger partial charge in [-0.05, 0) is 84.7 Å². The highest BCUT2D eigenvalue weighted by Gasteiger charge is 2.16. The summed E-state index contributed by atoms with van der Waals surface area (Å²) in [7, 11) is 0. The van der Waals surface area contributed by atoms with Crippen molar-refractivity contribution < 1.29 is 0 Å². The highest BCUT2D eigenvalue weighted by Crippen LogP contribution is 2.41. The Kier molecular flexibility index (Phi) is 8.31. The molecule has 0 aromatic heterocycles. The van der Waals surface area contributed by atoms with E-state index in [1.807, 2.05) is 35.3 Å². The fraction of sp³-hybridized carbons (Fsp3) is 0.455. The topological polar surface area (TPSA) is 0 Å². The van der Waals surface area contributed by atoms with Crippen LogP contribution in [0.5, 0.6) is 0 Å².